The standard InChI is InChI=1S/C12H10BrNOS2/c13-9-3-5-10(6-4-9)14-11(15)8-17-12-2-1-7-16-12/h1-7H,8H2,(H,14,15). The fourth-order valence-electron chi connectivity index (χ4n) is 1.21. The molecule has 1 aromatic heterocycles. The molecule has 17 heavy (non-hydrogen) atoms. The lowest BCUT2D eigenvalue weighted by molar-refractivity contribution is -0.113. The van der Waals surface area contributed by atoms with Crippen LogP contribution in [0.1, 0.15) is 0 Å². The fraction of sp³-hybridized carbons (Fsp3) is 0.0833. The van der Waals surface area contributed by atoms with Crippen molar-refractivity contribution in [3.8, 4) is 0 Å². The largest absolute Gasteiger partial charge is 0.325 e. The molecule has 1 amide bonds. The predicted octanol–water partition coefficient (Wildman–Crippen LogP) is 4.24. The summed E-state index contributed by atoms with van der Waals surface area (Å²) in [5, 5.41) is 4.86. The van der Waals surface area contributed by atoms with Gasteiger partial charge in [0.25, 0.3) is 0 Å². The maximum atomic E-state index is 11.7. The lowest BCUT2D eigenvalue weighted by atomic mass is 10.3. The highest BCUT2D eigenvalue weighted by atomic mass is 79.9. The van der Waals surface area contributed by atoms with Crippen molar-refractivity contribution < 1.29 is 4.79 Å². The Kier molecular flexibility index (Phi) is 4.65. The van der Waals surface area contributed by atoms with Gasteiger partial charge in [-0.05, 0) is 35.7 Å². The van der Waals surface area contributed by atoms with Crippen molar-refractivity contribution >= 4 is 50.6 Å². The Morgan fingerprint density at radius 2 is 2.06 bits per heavy atom. The third-order valence-corrected chi connectivity index (χ3v) is 4.63. The van der Waals surface area contributed by atoms with Crippen LogP contribution in [0.2, 0.25) is 0 Å². The molecule has 1 heterocycles. The summed E-state index contributed by atoms with van der Waals surface area (Å²) in [6.45, 7) is 0. The van der Waals surface area contributed by atoms with Gasteiger partial charge in [0.15, 0.2) is 0 Å². The lowest BCUT2D eigenvalue weighted by Gasteiger charge is -2.04. The Hall–Kier alpha value is -0.780. The lowest BCUT2D eigenvalue weighted by Crippen LogP contribution is -2.13. The molecule has 0 aliphatic heterocycles. The molecule has 0 unspecified atom stereocenters. The molecule has 0 atom stereocenters. The number of carbonyl (C=O) groups is 1. The van der Waals surface area contributed by atoms with Gasteiger partial charge in [-0.15, -0.1) is 23.1 Å². The van der Waals surface area contributed by atoms with Crippen LogP contribution in [0.15, 0.2) is 50.5 Å². The molecule has 0 radical (unpaired) electrons. The number of thioether (sulfide) groups is 1. The van der Waals surface area contributed by atoms with Crippen LogP contribution in [0.4, 0.5) is 5.69 Å². The van der Waals surface area contributed by atoms with Crippen LogP contribution in [0.5, 0.6) is 0 Å². The van der Waals surface area contributed by atoms with E-state index in [9.17, 15) is 4.79 Å². The van der Waals surface area contributed by atoms with Crippen LogP contribution >= 0.6 is 39.0 Å². The first-order chi connectivity index (χ1) is 8.24. The maximum Gasteiger partial charge on any atom is 0.234 e. The first-order valence-corrected chi connectivity index (χ1v) is 7.61. The smallest absolute Gasteiger partial charge is 0.234 e. The number of carbonyl (C=O) groups excluding carboxylic acids is 1. The number of thiophene rings is 1. The van der Waals surface area contributed by atoms with Crippen molar-refractivity contribution in [2.24, 2.45) is 0 Å². The van der Waals surface area contributed by atoms with E-state index in [1.54, 1.807) is 23.1 Å². The average Bonchev–Trinajstić information content (AvgIpc) is 2.83. The minimum absolute atomic E-state index is 0.0192. The van der Waals surface area contributed by atoms with Crippen molar-refractivity contribution in [1.82, 2.24) is 0 Å². The molecule has 1 N–H and O–H groups in total. The van der Waals surface area contributed by atoms with Gasteiger partial charge in [-0.2, -0.15) is 0 Å². The molecule has 2 rings (SSSR count). The van der Waals surface area contributed by atoms with Crippen molar-refractivity contribution in [1.29, 1.82) is 0 Å². The Balaban J connectivity index is 1.83. The van der Waals surface area contributed by atoms with Gasteiger partial charge >= 0.3 is 0 Å². The first-order valence-electron chi connectivity index (χ1n) is 4.96. The number of hydrogen-bond acceptors (Lipinski definition) is 3. The summed E-state index contributed by atoms with van der Waals surface area (Å²) in [6.07, 6.45) is 0. The second kappa shape index (κ2) is 6.23. The first kappa shape index (κ1) is 12.7. The fourth-order valence-corrected chi connectivity index (χ4v) is 3.06. The van der Waals surface area contributed by atoms with Gasteiger partial charge in [0.05, 0.1) is 9.96 Å². The van der Waals surface area contributed by atoms with Crippen LogP contribution in [-0.4, -0.2) is 11.7 Å². The molecule has 0 aliphatic carbocycles. The maximum absolute atomic E-state index is 11.7. The van der Waals surface area contributed by atoms with Gasteiger partial charge in [-0.3, -0.25) is 4.79 Å². The third-order valence-electron chi connectivity index (χ3n) is 1.97. The quantitative estimate of drug-likeness (QED) is 0.851. The number of hydrogen-bond donors (Lipinski definition) is 1. The molecule has 5 heteroatoms. The zero-order valence-electron chi connectivity index (χ0n) is 8.85. The summed E-state index contributed by atoms with van der Waals surface area (Å²) in [5.74, 6) is 0.460. The monoisotopic (exact) mass is 327 g/mol. The number of halogens is 1. The van der Waals surface area contributed by atoms with E-state index in [-0.39, 0.29) is 5.91 Å². The highest BCUT2D eigenvalue weighted by Gasteiger charge is 2.03. The number of benzene rings is 1. The number of rotatable bonds is 4. The highest BCUT2D eigenvalue weighted by molar-refractivity contribution is 9.10. The van der Waals surface area contributed by atoms with Gasteiger partial charge in [-0.25, -0.2) is 0 Å². The van der Waals surface area contributed by atoms with E-state index in [1.165, 1.54) is 0 Å². The second-order valence-electron chi connectivity index (χ2n) is 3.28. The molecular weight excluding hydrogens is 318 g/mol. The minimum Gasteiger partial charge on any atom is -0.325 e. The van der Waals surface area contributed by atoms with Crippen molar-refractivity contribution in [2.75, 3.05) is 11.1 Å². The summed E-state index contributed by atoms with van der Waals surface area (Å²) in [7, 11) is 0. The zero-order valence-corrected chi connectivity index (χ0v) is 12.1. The van der Waals surface area contributed by atoms with E-state index >= 15 is 0 Å². The summed E-state index contributed by atoms with van der Waals surface area (Å²) < 4.78 is 2.17. The Labute approximate surface area is 117 Å². The molecule has 0 aliphatic rings. The predicted molar refractivity (Wildman–Crippen MR) is 77.8 cm³/mol. The molecule has 0 spiro atoms. The van der Waals surface area contributed by atoms with Crippen LogP contribution in [0.3, 0.4) is 0 Å². The minimum atomic E-state index is 0.0192. The van der Waals surface area contributed by atoms with Crippen molar-refractivity contribution in [3.63, 3.8) is 0 Å². The van der Waals surface area contributed by atoms with E-state index < -0.39 is 0 Å². The molecule has 0 saturated carbocycles. The van der Waals surface area contributed by atoms with Crippen LogP contribution in [-0.2, 0) is 4.79 Å². The molecule has 88 valence electrons. The van der Waals surface area contributed by atoms with Crippen LogP contribution in [0, 0.1) is 0 Å². The molecule has 2 nitrogen and oxygen atoms in total. The second-order valence-corrected chi connectivity index (χ2v) is 6.41. The molecule has 1 aromatic carbocycles. The third kappa shape index (κ3) is 4.18. The van der Waals surface area contributed by atoms with Crippen molar-refractivity contribution in [2.45, 2.75) is 4.21 Å². The summed E-state index contributed by atoms with van der Waals surface area (Å²) >= 11 is 6.56. The average molecular weight is 328 g/mol. The Morgan fingerprint density at radius 1 is 1.29 bits per heavy atom. The molecule has 0 fully saturated rings. The zero-order chi connectivity index (χ0) is 12.1. The van der Waals surface area contributed by atoms with Crippen molar-refractivity contribution in [3.05, 3.63) is 46.3 Å². The number of amides is 1. The van der Waals surface area contributed by atoms with E-state index in [0.717, 1.165) is 14.4 Å². The number of nitrogens with one attached hydrogen (secondary N) is 1. The van der Waals surface area contributed by atoms with E-state index in [0.29, 0.717) is 5.75 Å². The topological polar surface area (TPSA) is 29.1 Å². The van der Waals surface area contributed by atoms with E-state index in [4.69, 9.17) is 0 Å². The van der Waals surface area contributed by atoms with E-state index in [1.807, 2.05) is 41.8 Å². The van der Waals surface area contributed by atoms with Gasteiger partial charge in [0.2, 0.25) is 5.91 Å². The summed E-state index contributed by atoms with van der Waals surface area (Å²) in [4.78, 5) is 11.7. The molecular formula is C12H10BrNOS2. The van der Waals surface area contributed by atoms with Crippen LogP contribution < -0.4 is 5.32 Å². The van der Waals surface area contributed by atoms with Gasteiger partial charge in [0, 0.05) is 10.2 Å². The van der Waals surface area contributed by atoms with E-state index in [2.05, 4.69) is 21.2 Å². The van der Waals surface area contributed by atoms with Gasteiger partial charge in [-0.1, -0.05) is 22.0 Å². The highest BCUT2D eigenvalue weighted by Crippen LogP contribution is 2.23. The SMILES string of the molecule is O=C(CSc1cccs1)Nc1ccc(Br)cc1. The van der Waals surface area contributed by atoms with Gasteiger partial charge < -0.3 is 5.32 Å². The van der Waals surface area contributed by atoms with Crippen LogP contribution in [0.25, 0.3) is 0 Å². The Morgan fingerprint density at radius 3 is 2.71 bits per heavy atom. The molecule has 0 saturated heterocycles. The number of anilines is 1. The molecule has 0 bridgehead atoms. The van der Waals surface area contributed by atoms with Gasteiger partial charge in [0.1, 0.15) is 0 Å². The summed E-state index contributed by atoms with van der Waals surface area (Å²) in [6, 6.07) is 11.6. The normalized spacial score (nSPS) is 10.2. The molecule has 2 aromatic rings. The Bertz CT molecular complexity index is 482. The summed E-state index contributed by atoms with van der Waals surface area (Å²) in [5.41, 5.74) is 0.824.